The Hall–Kier alpha value is -2.79. The van der Waals surface area contributed by atoms with E-state index in [4.69, 9.17) is 0 Å². The molecule has 0 saturated heterocycles. The largest absolute Gasteiger partial charge is 0.370 e. The third kappa shape index (κ3) is 4.24. The molecule has 3 aromatic rings. The fourth-order valence-electron chi connectivity index (χ4n) is 2.80. The topological polar surface area (TPSA) is 49.4 Å². The summed E-state index contributed by atoms with van der Waals surface area (Å²) in [6.07, 6.45) is 0. The molecule has 5 heteroatoms. The Morgan fingerprint density at radius 3 is 2.12 bits per heavy atom. The van der Waals surface area contributed by atoms with Gasteiger partial charge in [-0.05, 0) is 48.4 Å². The van der Waals surface area contributed by atoms with Gasteiger partial charge in [-0.1, -0.05) is 48.5 Å². The zero-order valence-corrected chi connectivity index (χ0v) is 15.7. The maximum absolute atomic E-state index is 12.6. The van der Waals surface area contributed by atoms with Crippen LogP contribution in [0.5, 0.6) is 0 Å². The first-order valence-corrected chi connectivity index (χ1v) is 9.87. The van der Waals surface area contributed by atoms with E-state index in [0.717, 1.165) is 17.8 Å². The summed E-state index contributed by atoms with van der Waals surface area (Å²) < 4.78 is 27.8. The number of hydrogen-bond donors (Lipinski definition) is 1. The fourth-order valence-corrected chi connectivity index (χ4v) is 4.11. The smallest absolute Gasteiger partial charge is 0.262 e. The normalized spacial score (nSPS) is 11.2. The standard InChI is InChI=1S/C21H22N2O2S/c1-17-8-6-7-11-21(17)26(24,25)22-19-12-14-20(15-13-19)23(2)16-18-9-4-3-5-10-18/h3-15,22H,16H2,1-2H3. The number of nitrogens with one attached hydrogen (secondary N) is 1. The second kappa shape index (κ2) is 7.62. The van der Waals surface area contributed by atoms with Crippen molar-refractivity contribution < 1.29 is 8.42 Å². The van der Waals surface area contributed by atoms with E-state index >= 15 is 0 Å². The van der Waals surface area contributed by atoms with Gasteiger partial charge in [-0.3, -0.25) is 4.72 Å². The Labute approximate surface area is 155 Å². The molecule has 4 nitrogen and oxygen atoms in total. The van der Waals surface area contributed by atoms with Gasteiger partial charge in [-0.2, -0.15) is 0 Å². The van der Waals surface area contributed by atoms with Crippen LogP contribution in [-0.2, 0) is 16.6 Å². The molecule has 0 unspecified atom stereocenters. The molecule has 0 aromatic heterocycles. The van der Waals surface area contributed by atoms with Crippen molar-refractivity contribution in [2.45, 2.75) is 18.4 Å². The molecular weight excluding hydrogens is 344 g/mol. The Morgan fingerprint density at radius 1 is 0.846 bits per heavy atom. The van der Waals surface area contributed by atoms with Gasteiger partial charge in [0, 0.05) is 25.0 Å². The van der Waals surface area contributed by atoms with E-state index in [9.17, 15) is 8.42 Å². The average molecular weight is 366 g/mol. The molecule has 0 spiro atoms. The van der Waals surface area contributed by atoms with Crippen molar-refractivity contribution in [1.29, 1.82) is 0 Å². The lowest BCUT2D eigenvalue weighted by molar-refractivity contribution is 0.600. The number of hydrogen-bond acceptors (Lipinski definition) is 3. The quantitative estimate of drug-likeness (QED) is 0.702. The molecule has 0 aliphatic rings. The van der Waals surface area contributed by atoms with E-state index in [-0.39, 0.29) is 0 Å². The van der Waals surface area contributed by atoms with E-state index in [1.54, 1.807) is 37.3 Å². The minimum atomic E-state index is -3.59. The highest BCUT2D eigenvalue weighted by Crippen LogP contribution is 2.22. The van der Waals surface area contributed by atoms with Crippen LogP contribution < -0.4 is 9.62 Å². The minimum absolute atomic E-state index is 0.297. The lowest BCUT2D eigenvalue weighted by Crippen LogP contribution is -2.17. The second-order valence-electron chi connectivity index (χ2n) is 6.26. The molecule has 0 aliphatic carbocycles. The van der Waals surface area contributed by atoms with Gasteiger partial charge in [0.25, 0.3) is 10.0 Å². The summed E-state index contributed by atoms with van der Waals surface area (Å²) in [6.45, 7) is 2.57. The molecule has 0 aliphatic heterocycles. The molecule has 134 valence electrons. The van der Waals surface area contributed by atoms with Crippen LogP contribution in [-0.4, -0.2) is 15.5 Å². The zero-order valence-electron chi connectivity index (χ0n) is 14.9. The van der Waals surface area contributed by atoms with Gasteiger partial charge in [0.2, 0.25) is 0 Å². The van der Waals surface area contributed by atoms with Gasteiger partial charge in [-0.25, -0.2) is 8.42 Å². The Kier molecular flexibility index (Phi) is 5.28. The summed E-state index contributed by atoms with van der Waals surface area (Å²) in [5.74, 6) is 0. The predicted molar refractivity (Wildman–Crippen MR) is 107 cm³/mol. The summed E-state index contributed by atoms with van der Waals surface area (Å²) >= 11 is 0. The van der Waals surface area contributed by atoms with Gasteiger partial charge < -0.3 is 4.90 Å². The average Bonchev–Trinajstić information content (AvgIpc) is 2.63. The van der Waals surface area contributed by atoms with Gasteiger partial charge in [0.1, 0.15) is 0 Å². The molecule has 0 atom stereocenters. The molecular formula is C21H22N2O2S. The number of aryl methyl sites for hydroxylation is 1. The van der Waals surface area contributed by atoms with Crippen LogP contribution in [0.25, 0.3) is 0 Å². The third-order valence-corrected chi connectivity index (χ3v) is 5.75. The molecule has 0 fully saturated rings. The lowest BCUT2D eigenvalue weighted by atomic mass is 10.2. The van der Waals surface area contributed by atoms with Crippen molar-refractivity contribution in [1.82, 2.24) is 0 Å². The molecule has 0 amide bonds. The first kappa shape index (κ1) is 18.0. The summed E-state index contributed by atoms with van der Waals surface area (Å²) in [6, 6.07) is 24.6. The van der Waals surface area contributed by atoms with Gasteiger partial charge in [-0.15, -0.1) is 0 Å². The highest BCUT2D eigenvalue weighted by molar-refractivity contribution is 7.92. The summed E-state index contributed by atoms with van der Waals surface area (Å²) in [7, 11) is -1.58. The third-order valence-electron chi connectivity index (χ3n) is 4.21. The molecule has 3 rings (SSSR count). The maximum Gasteiger partial charge on any atom is 0.262 e. The van der Waals surface area contributed by atoms with E-state index in [0.29, 0.717) is 10.6 Å². The van der Waals surface area contributed by atoms with Crippen molar-refractivity contribution in [3.8, 4) is 0 Å². The summed E-state index contributed by atoms with van der Waals surface area (Å²) in [5, 5.41) is 0. The molecule has 0 saturated carbocycles. The first-order chi connectivity index (χ1) is 12.5. The van der Waals surface area contributed by atoms with Crippen molar-refractivity contribution >= 4 is 21.4 Å². The lowest BCUT2D eigenvalue weighted by Gasteiger charge is -2.20. The van der Waals surface area contributed by atoms with Crippen molar-refractivity contribution in [2.75, 3.05) is 16.7 Å². The SMILES string of the molecule is Cc1ccccc1S(=O)(=O)Nc1ccc(N(C)Cc2ccccc2)cc1. The van der Waals surface area contributed by atoms with Crippen LogP contribution in [0.1, 0.15) is 11.1 Å². The van der Waals surface area contributed by atoms with Gasteiger partial charge in [0.05, 0.1) is 4.90 Å². The summed E-state index contributed by atoms with van der Waals surface area (Å²) in [5.41, 5.74) is 3.51. The second-order valence-corrected chi connectivity index (χ2v) is 7.91. The molecule has 26 heavy (non-hydrogen) atoms. The highest BCUT2D eigenvalue weighted by Gasteiger charge is 2.16. The molecule has 0 heterocycles. The van der Waals surface area contributed by atoms with Crippen molar-refractivity contribution in [3.63, 3.8) is 0 Å². The Morgan fingerprint density at radius 2 is 1.46 bits per heavy atom. The Bertz CT molecular complexity index is 968. The number of anilines is 2. The van der Waals surface area contributed by atoms with E-state index in [1.165, 1.54) is 5.56 Å². The van der Waals surface area contributed by atoms with E-state index < -0.39 is 10.0 Å². The molecule has 3 aromatic carbocycles. The van der Waals surface area contributed by atoms with Crippen LogP contribution in [0.4, 0.5) is 11.4 Å². The first-order valence-electron chi connectivity index (χ1n) is 8.39. The zero-order chi connectivity index (χ0) is 18.6. The number of sulfonamides is 1. The van der Waals surface area contributed by atoms with Crippen LogP contribution in [0, 0.1) is 6.92 Å². The minimum Gasteiger partial charge on any atom is -0.370 e. The monoisotopic (exact) mass is 366 g/mol. The maximum atomic E-state index is 12.6. The van der Waals surface area contributed by atoms with Gasteiger partial charge in [0.15, 0.2) is 0 Å². The Balaban J connectivity index is 1.72. The number of nitrogens with zero attached hydrogens (tertiary/aromatic N) is 1. The number of benzene rings is 3. The van der Waals surface area contributed by atoms with Crippen molar-refractivity contribution in [2.24, 2.45) is 0 Å². The van der Waals surface area contributed by atoms with Gasteiger partial charge >= 0.3 is 0 Å². The van der Waals surface area contributed by atoms with Crippen LogP contribution in [0.15, 0.2) is 83.8 Å². The van der Waals surface area contributed by atoms with Crippen LogP contribution in [0.3, 0.4) is 0 Å². The molecule has 1 N–H and O–H groups in total. The fraction of sp³-hybridized carbons (Fsp3) is 0.143. The predicted octanol–water partition coefficient (Wildman–Crippen LogP) is 4.43. The molecule has 0 radical (unpaired) electrons. The summed E-state index contributed by atoms with van der Waals surface area (Å²) in [4.78, 5) is 2.42. The molecule has 0 bridgehead atoms. The van der Waals surface area contributed by atoms with Crippen LogP contribution >= 0.6 is 0 Å². The van der Waals surface area contributed by atoms with Crippen molar-refractivity contribution in [3.05, 3.63) is 90.0 Å². The highest BCUT2D eigenvalue weighted by atomic mass is 32.2. The van der Waals surface area contributed by atoms with E-state index in [2.05, 4.69) is 21.8 Å². The number of rotatable bonds is 6. The van der Waals surface area contributed by atoms with Crippen LogP contribution in [0.2, 0.25) is 0 Å². The van der Waals surface area contributed by atoms with E-state index in [1.807, 2.05) is 43.4 Å².